The number of hydrogen-bond acceptors (Lipinski definition) is 5. The van der Waals surface area contributed by atoms with E-state index in [-0.39, 0.29) is 25.2 Å². The molecule has 0 fully saturated rings. The summed E-state index contributed by atoms with van der Waals surface area (Å²) >= 11 is 1.41. The highest BCUT2D eigenvalue weighted by molar-refractivity contribution is 7.98. The van der Waals surface area contributed by atoms with E-state index in [0.29, 0.717) is 10.3 Å². The number of thioether (sulfide) groups is 1. The van der Waals surface area contributed by atoms with Crippen molar-refractivity contribution in [2.24, 2.45) is 0 Å². The molecule has 2 N–H and O–H groups in total. The molecule has 2 aromatic rings. The maximum atomic E-state index is 13.9. The molecule has 2 rings (SSSR count). The fourth-order valence-corrected chi connectivity index (χ4v) is 4.31. The van der Waals surface area contributed by atoms with Crippen LogP contribution in [0, 0.1) is 5.82 Å². The zero-order valence-electron chi connectivity index (χ0n) is 15.5. The minimum absolute atomic E-state index is 0.0141. The standard InChI is InChI=1S/C17H21F3N4O3S2/c1-28-11-7-13(23-29(26,27)14-5-3-2-4-12(14)18)16(25)22-8-6-15-21-9-10-24(15)17(19)20/h2-5,9-10,13,17,23H,6-8,11H2,1H3,(H,22,25). The molecule has 0 aliphatic heterocycles. The molecule has 0 spiro atoms. The Bertz CT molecular complexity index is 922. The summed E-state index contributed by atoms with van der Waals surface area (Å²) in [6, 6.07) is 3.71. The molecule has 1 heterocycles. The van der Waals surface area contributed by atoms with Crippen LogP contribution in [0.15, 0.2) is 41.6 Å². The second-order valence-electron chi connectivity index (χ2n) is 5.96. The van der Waals surface area contributed by atoms with Gasteiger partial charge in [0, 0.05) is 25.4 Å². The van der Waals surface area contributed by atoms with Gasteiger partial charge in [0.05, 0.1) is 0 Å². The second-order valence-corrected chi connectivity index (χ2v) is 8.62. The van der Waals surface area contributed by atoms with E-state index in [1.54, 1.807) is 6.26 Å². The number of alkyl halides is 2. The summed E-state index contributed by atoms with van der Waals surface area (Å²) in [5.41, 5.74) is 0. The number of nitrogens with zero attached hydrogens (tertiary/aromatic N) is 2. The van der Waals surface area contributed by atoms with E-state index < -0.39 is 39.2 Å². The fourth-order valence-electron chi connectivity index (χ4n) is 2.53. The largest absolute Gasteiger partial charge is 0.354 e. The Hall–Kier alpha value is -2.05. The zero-order chi connectivity index (χ0) is 21.4. The highest BCUT2D eigenvalue weighted by atomic mass is 32.2. The van der Waals surface area contributed by atoms with Gasteiger partial charge in [-0.2, -0.15) is 25.3 Å². The van der Waals surface area contributed by atoms with Crippen molar-refractivity contribution in [2.45, 2.75) is 30.3 Å². The van der Waals surface area contributed by atoms with Crippen molar-refractivity contribution in [2.75, 3.05) is 18.6 Å². The lowest BCUT2D eigenvalue weighted by atomic mass is 10.2. The van der Waals surface area contributed by atoms with Crippen molar-refractivity contribution in [3.05, 3.63) is 48.3 Å². The normalized spacial score (nSPS) is 12.9. The molecule has 0 saturated carbocycles. The molecule has 29 heavy (non-hydrogen) atoms. The van der Waals surface area contributed by atoms with Crippen molar-refractivity contribution in [1.29, 1.82) is 0 Å². The number of halogens is 3. The van der Waals surface area contributed by atoms with E-state index in [0.717, 1.165) is 18.3 Å². The number of sulfonamides is 1. The molecule has 0 bridgehead atoms. The van der Waals surface area contributed by atoms with Crippen LogP contribution in [0.2, 0.25) is 0 Å². The summed E-state index contributed by atoms with van der Waals surface area (Å²) in [6.45, 7) is -2.76. The molecular formula is C17H21F3N4O3S2. The summed E-state index contributed by atoms with van der Waals surface area (Å²) in [6.07, 6.45) is 4.37. The molecule has 1 aromatic heterocycles. The lowest BCUT2D eigenvalue weighted by Crippen LogP contribution is -2.47. The van der Waals surface area contributed by atoms with Crippen molar-refractivity contribution < 1.29 is 26.4 Å². The minimum atomic E-state index is -4.26. The average Bonchev–Trinajstić information content (AvgIpc) is 3.14. The van der Waals surface area contributed by atoms with E-state index >= 15 is 0 Å². The Morgan fingerprint density at radius 2 is 2.03 bits per heavy atom. The lowest BCUT2D eigenvalue weighted by Gasteiger charge is -2.18. The van der Waals surface area contributed by atoms with Crippen LogP contribution in [0.5, 0.6) is 0 Å². The number of imidazole rings is 1. The SMILES string of the molecule is CSCCC(NS(=O)(=O)c1ccccc1F)C(=O)NCCc1nccn1C(F)F. The molecule has 0 aliphatic rings. The second kappa shape index (κ2) is 10.6. The lowest BCUT2D eigenvalue weighted by molar-refractivity contribution is -0.122. The first-order valence-electron chi connectivity index (χ1n) is 8.59. The fraction of sp³-hybridized carbons (Fsp3) is 0.412. The van der Waals surface area contributed by atoms with Crippen LogP contribution >= 0.6 is 11.8 Å². The van der Waals surface area contributed by atoms with Crippen LogP contribution in [0.3, 0.4) is 0 Å². The van der Waals surface area contributed by atoms with Crippen LogP contribution in [0.25, 0.3) is 0 Å². The molecule has 1 aromatic carbocycles. The number of carbonyl (C=O) groups is 1. The highest BCUT2D eigenvalue weighted by Gasteiger charge is 2.27. The quantitative estimate of drug-likeness (QED) is 0.547. The molecule has 0 aliphatic carbocycles. The van der Waals surface area contributed by atoms with Crippen molar-refractivity contribution in [1.82, 2.24) is 19.6 Å². The molecule has 160 valence electrons. The molecule has 1 amide bonds. The van der Waals surface area contributed by atoms with Gasteiger partial charge in [0.15, 0.2) is 0 Å². The third kappa shape index (κ3) is 6.47. The van der Waals surface area contributed by atoms with Gasteiger partial charge in [-0.15, -0.1) is 0 Å². The van der Waals surface area contributed by atoms with Crippen molar-refractivity contribution in [3.8, 4) is 0 Å². The monoisotopic (exact) mass is 450 g/mol. The Labute approximate surface area is 171 Å². The number of hydrogen-bond donors (Lipinski definition) is 2. The van der Waals surface area contributed by atoms with Crippen LogP contribution in [-0.2, 0) is 21.2 Å². The molecular weight excluding hydrogens is 429 g/mol. The van der Waals surface area contributed by atoms with Gasteiger partial charge in [0.1, 0.15) is 22.6 Å². The summed E-state index contributed by atoms with van der Waals surface area (Å²) < 4.78 is 67.4. The Kier molecular flexibility index (Phi) is 8.53. The molecule has 1 atom stereocenters. The summed E-state index contributed by atoms with van der Waals surface area (Å²) in [4.78, 5) is 15.7. The number of amides is 1. The van der Waals surface area contributed by atoms with Gasteiger partial charge in [0.25, 0.3) is 0 Å². The molecule has 0 saturated heterocycles. The first-order chi connectivity index (χ1) is 13.8. The van der Waals surface area contributed by atoms with E-state index in [9.17, 15) is 26.4 Å². The van der Waals surface area contributed by atoms with Crippen LogP contribution in [0.4, 0.5) is 13.2 Å². The van der Waals surface area contributed by atoms with E-state index in [1.165, 1.54) is 30.1 Å². The molecule has 7 nitrogen and oxygen atoms in total. The molecule has 1 unspecified atom stereocenters. The minimum Gasteiger partial charge on any atom is -0.354 e. The van der Waals surface area contributed by atoms with E-state index in [2.05, 4.69) is 15.0 Å². The first kappa shape index (κ1) is 23.2. The van der Waals surface area contributed by atoms with E-state index in [1.807, 2.05) is 0 Å². The van der Waals surface area contributed by atoms with Gasteiger partial charge >= 0.3 is 6.55 Å². The third-order valence-electron chi connectivity index (χ3n) is 3.96. The Morgan fingerprint density at radius 1 is 1.31 bits per heavy atom. The highest BCUT2D eigenvalue weighted by Crippen LogP contribution is 2.15. The number of benzene rings is 1. The first-order valence-corrected chi connectivity index (χ1v) is 11.5. The smallest absolute Gasteiger partial charge is 0.319 e. The van der Waals surface area contributed by atoms with Crippen molar-refractivity contribution >= 4 is 27.7 Å². The topological polar surface area (TPSA) is 93.1 Å². The molecule has 0 radical (unpaired) electrons. The number of carbonyl (C=O) groups excluding carboxylic acids is 1. The van der Waals surface area contributed by atoms with Gasteiger partial charge < -0.3 is 5.32 Å². The number of nitrogens with one attached hydrogen (secondary N) is 2. The van der Waals surface area contributed by atoms with Crippen LogP contribution < -0.4 is 10.0 Å². The van der Waals surface area contributed by atoms with Crippen LogP contribution in [0.1, 0.15) is 18.8 Å². The third-order valence-corrected chi connectivity index (χ3v) is 6.11. The summed E-state index contributed by atoms with van der Waals surface area (Å²) in [5, 5.41) is 2.52. The number of rotatable bonds is 11. The van der Waals surface area contributed by atoms with Gasteiger partial charge in [0.2, 0.25) is 15.9 Å². The summed E-state index contributed by atoms with van der Waals surface area (Å²) in [7, 11) is -4.26. The number of aromatic nitrogens is 2. The maximum absolute atomic E-state index is 13.9. The average molecular weight is 451 g/mol. The summed E-state index contributed by atoms with van der Waals surface area (Å²) in [5.74, 6) is -0.988. The zero-order valence-corrected chi connectivity index (χ0v) is 17.1. The predicted octanol–water partition coefficient (Wildman–Crippen LogP) is 2.18. The van der Waals surface area contributed by atoms with Gasteiger partial charge in [-0.25, -0.2) is 17.8 Å². The van der Waals surface area contributed by atoms with Gasteiger partial charge in [-0.1, -0.05) is 12.1 Å². The van der Waals surface area contributed by atoms with E-state index in [4.69, 9.17) is 0 Å². The molecule has 12 heteroatoms. The maximum Gasteiger partial charge on any atom is 0.319 e. The van der Waals surface area contributed by atoms with Crippen LogP contribution in [-0.4, -0.2) is 48.5 Å². The van der Waals surface area contributed by atoms with Crippen molar-refractivity contribution in [3.63, 3.8) is 0 Å². The van der Waals surface area contributed by atoms with Gasteiger partial charge in [-0.3, -0.25) is 9.36 Å². The van der Waals surface area contributed by atoms with Gasteiger partial charge in [-0.05, 0) is 30.6 Å². The predicted molar refractivity (Wildman–Crippen MR) is 104 cm³/mol. The Morgan fingerprint density at radius 3 is 2.69 bits per heavy atom. The Balaban J connectivity index is 2.04.